The Morgan fingerprint density at radius 1 is 1.12 bits per heavy atom. The molecular formula is C21H29N2O2+. The monoisotopic (exact) mass is 341 g/mol. The van der Waals surface area contributed by atoms with Crippen LogP contribution in [0.1, 0.15) is 23.6 Å². The molecule has 2 atom stereocenters. The summed E-state index contributed by atoms with van der Waals surface area (Å²) in [7, 11) is 2.02. The topological polar surface area (TPSA) is 42.8 Å². The lowest BCUT2D eigenvalue weighted by Gasteiger charge is -2.22. The van der Waals surface area contributed by atoms with Crippen molar-refractivity contribution >= 4 is 11.6 Å². The number of para-hydroxylation sites is 1. The van der Waals surface area contributed by atoms with Gasteiger partial charge in [0.1, 0.15) is 18.9 Å². The summed E-state index contributed by atoms with van der Waals surface area (Å²) in [5.74, 6) is 0.894. The number of anilines is 1. The molecule has 0 aromatic heterocycles. The highest BCUT2D eigenvalue weighted by molar-refractivity contribution is 5.95. The van der Waals surface area contributed by atoms with E-state index >= 15 is 0 Å². The molecule has 0 fully saturated rings. The molecular weight excluding hydrogens is 312 g/mol. The second-order valence-electron chi connectivity index (χ2n) is 6.74. The number of carbonyl (C=O) groups is 1. The van der Waals surface area contributed by atoms with Crippen LogP contribution in [0.4, 0.5) is 5.69 Å². The molecule has 0 bridgehead atoms. The first-order valence-electron chi connectivity index (χ1n) is 8.77. The maximum absolute atomic E-state index is 12.6. The van der Waals surface area contributed by atoms with Crippen molar-refractivity contribution < 1.29 is 14.4 Å². The van der Waals surface area contributed by atoms with E-state index in [-0.39, 0.29) is 11.9 Å². The van der Waals surface area contributed by atoms with Gasteiger partial charge in [-0.2, -0.15) is 0 Å². The number of quaternary nitrogens is 1. The third-order valence-electron chi connectivity index (χ3n) is 4.57. The van der Waals surface area contributed by atoms with Gasteiger partial charge >= 0.3 is 0 Å². The molecule has 0 saturated heterocycles. The Morgan fingerprint density at radius 2 is 1.72 bits per heavy atom. The van der Waals surface area contributed by atoms with Crippen molar-refractivity contribution in [1.82, 2.24) is 0 Å². The van der Waals surface area contributed by atoms with E-state index in [1.165, 1.54) is 5.56 Å². The van der Waals surface area contributed by atoms with Crippen LogP contribution in [0.5, 0.6) is 5.75 Å². The Morgan fingerprint density at radius 3 is 2.32 bits per heavy atom. The lowest BCUT2D eigenvalue weighted by molar-refractivity contribution is -0.894. The van der Waals surface area contributed by atoms with Crippen LogP contribution in [-0.4, -0.2) is 32.1 Å². The first kappa shape index (κ1) is 19.0. The number of hydrogen-bond acceptors (Lipinski definition) is 2. The standard InChI is InChI=1S/C21H28N2O2/c1-15-13-16(2)20(17(3)14-15)22-21(24)18(4)23(5)11-12-25-19-9-7-6-8-10-19/h6-10,13-14,18H,11-12H2,1-5H3,(H,22,24)/p+1/t18-/m1/s1. The molecule has 2 N–H and O–H groups in total. The van der Waals surface area contributed by atoms with Crippen molar-refractivity contribution in [2.24, 2.45) is 0 Å². The zero-order valence-corrected chi connectivity index (χ0v) is 15.8. The van der Waals surface area contributed by atoms with Gasteiger partial charge < -0.3 is 15.0 Å². The van der Waals surface area contributed by atoms with E-state index in [0.29, 0.717) is 6.61 Å². The number of hydrogen-bond donors (Lipinski definition) is 2. The molecule has 2 aromatic carbocycles. The Balaban J connectivity index is 1.88. The van der Waals surface area contributed by atoms with Crippen molar-refractivity contribution in [2.75, 3.05) is 25.5 Å². The highest BCUT2D eigenvalue weighted by atomic mass is 16.5. The van der Waals surface area contributed by atoms with Crippen LogP contribution < -0.4 is 15.0 Å². The van der Waals surface area contributed by atoms with Gasteiger partial charge in [-0.3, -0.25) is 4.79 Å². The van der Waals surface area contributed by atoms with E-state index in [0.717, 1.165) is 34.0 Å². The Bertz CT molecular complexity index is 690. The molecule has 0 spiro atoms. The minimum Gasteiger partial charge on any atom is -0.488 e. The van der Waals surface area contributed by atoms with Crippen molar-refractivity contribution in [2.45, 2.75) is 33.7 Å². The van der Waals surface area contributed by atoms with Gasteiger partial charge in [0.2, 0.25) is 0 Å². The predicted octanol–water partition coefficient (Wildman–Crippen LogP) is 2.53. The average molecular weight is 341 g/mol. The molecule has 0 saturated carbocycles. The number of carbonyl (C=O) groups excluding carboxylic acids is 1. The van der Waals surface area contributed by atoms with E-state index in [1.807, 2.05) is 58.2 Å². The van der Waals surface area contributed by atoms with E-state index in [1.54, 1.807) is 0 Å². The minimum atomic E-state index is -0.153. The van der Waals surface area contributed by atoms with Crippen LogP contribution in [-0.2, 0) is 4.79 Å². The number of nitrogens with one attached hydrogen (secondary N) is 2. The molecule has 1 unspecified atom stereocenters. The third kappa shape index (κ3) is 5.33. The molecule has 1 amide bonds. The zero-order chi connectivity index (χ0) is 18.4. The largest absolute Gasteiger partial charge is 0.488 e. The van der Waals surface area contributed by atoms with Gasteiger partial charge in [0.05, 0.1) is 7.05 Å². The van der Waals surface area contributed by atoms with Crippen LogP contribution >= 0.6 is 0 Å². The SMILES string of the molecule is Cc1cc(C)c(NC(=O)[C@@H](C)[NH+](C)CCOc2ccccc2)c(C)c1. The van der Waals surface area contributed by atoms with Gasteiger partial charge in [0, 0.05) is 5.69 Å². The fraction of sp³-hybridized carbons (Fsp3) is 0.381. The summed E-state index contributed by atoms with van der Waals surface area (Å²) in [5.41, 5.74) is 4.34. The lowest BCUT2D eigenvalue weighted by Crippen LogP contribution is -3.14. The van der Waals surface area contributed by atoms with Gasteiger partial charge in [-0.25, -0.2) is 0 Å². The van der Waals surface area contributed by atoms with Crippen molar-refractivity contribution in [3.05, 3.63) is 59.2 Å². The fourth-order valence-corrected chi connectivity index (χ4v) is 2.90. The maximum atomic E-state index is 12.6. The number of amides is 1. The van der Waals surface area contributed by atoms with Crippen LogP contribution in [0, 0.1) is 20.8 Å². The molecule has 0 radical (unpaired) electrons. The van der Waals surface area contributed by atoms with Gasteiger partial charge in [-0.1, -0.05) is 35.9 Å². The summed E-state index contributed by atoms with van der Waals surface area (Å²) in [5, 5.41) is 3.09. The minimum absolute atomic E-state index is 0.0345. The summed E-state index contributed by atoms with van der Waals surface area (Å²) < 4.78 is 5.72. The molecule has 134 valence electrons. The first-order chi connectivity index (χ1) is 11.9. The quantitative estimate of drug-likeness (QED) is 0.813. The summed E-state index contributed by atoms with van der Waals surface area (Å²) in [6, 6.07) is 13.8. The number of aryl methyl sites for hydroxylation is 3. The van der Waals surface area contributed by atoms with Crippen molar-refractivity contribution in [3.63, 3.8) is 0 Å². The molecule has 4 nitrogen and oxygen atoms in total. The third-order valence-corrected chi connectivity index (χ3v) is 4.57. The Kier molecular flexibility index (Phi) is 6.59. The number of rotatable bonds is 7. The zero-order valence-electron chi connectivity index (χ0n) is 15.8. The van der Waals surface area contributed by atoms with E-state index in [4.69, 9.17) is 4.74 Å². The summed E-state index contributed by atoms with van der Waals surface area (Å²) in [6.07, 6.45) is 0. The molecule has 4 heteroatoms. The average Bonchev–Trinajstić information content (AvgIpc) is 2.58. The normalized spacial score (nSPS) is 13.2. The summed E-state index contributed by atoms with van der Waals surface area (Å²) in [4.78, 5) is 13.7. The molecule has 2 rings (SSSR count). The number of likely N-dealkylation sites (N-methyl/N-ethyl adjacent to an activating group) is 1. The second kappa shape index (κ2) is 8.67. The molecule has 2 aromatic rings. The Labute approximate surface area is 150 Å². The summed E-state index contributed by atoms with van der Waals surface area (Å²) in [6.45, 7) is 9.42. The summed E-state index contributed by atoms with van der Waals surface area (Å²) >= 11 is 0. The smallest absolute Gasteiger partial charge is 0.282 e. The predicted molar refractivity (Wildman–Crippen MR) is 102 cm³/mol. The second-order valence-corrected chi connectivity index (χ2v) is 6.74. The van der Waals surface area contributed by atoms with Gasteiger partial charge in [0.15, 0.2) is 6.04 Å². The van der Waals surface area contributed by atoms with Gasteiger partial charge in [-0.05, 0) is 51.0 Å². The van der Waals surface area contributed by atoms with E-state index < -0.39 is 0 Å². The molecule has 0 aliphatic heterocycles. The molecule has 0 heterocycles. The van der Waals surface area contributed by atoms with E-state index in [2.05, 4.69) is 24.4 Å². The van der Waals surface area contributed by atoms with Gasteiger partial charge in [0.25, 0.3) is 5.91 Å². The number of ether oxygens (including phenoxy) is 1. The lowest BCUT2D eigenvalue weighted by atomic mass is 10.0. The molecule has 0 aliphatic rings. The molecule has 0 aliphatic carbocycles. The van der Waals surface area contributed by atoms with Crippen molar-refractivity contribution in [3.8, 4) is 5.75 Å². The van der Waals surface area contributed by atoms with E-state index in [9.17, 15) is 4.79 Å². The van der Waals surface area contributed by atoms with Gasteiger partial charge in [-0.15, -0.1) is 0 Å². The highest BCUT2D eigenvalue weighted by Crippen LogP contribution is 2.21. The first-order valence-corrected chi connectivity index (χ1v) is 8.77. The van der Waals surface area contributed by atoms with Crippen LogP contribution in [0.2, 0.25) is 0 Å². The number of benzene rings is 2. The molecule has 25 heavy (non-hydrogen) atoms. The maximum Gasteiger partial charge on any atom is 0.282 e. The van der Waals surface area contributed by atoms with Crippen LogP contribution in [0.15, 0.2) is 42.5 Å². The fourth-order valence-electron chi connectivity index (χ4n) is 2.90. The van der Waals surface area contributed by atoms with Crippen LogP contribution in [0.3, 0.4) is 0 Å². The Hall–Kier alpha value is -2.33. The van der Waals surface area contributed by atoms with Crippen LogP contribution in [0.25, 0.3) is 0 Å². The highest BCUT2D eigenvalue weighted by Gasteiger charge is 2.22. The van der Waals surface area contributed by atoms with Crippen molar-refractivity contribution in [1.29, 1.82) is 0 Å².